The first kappa shape index (κ1) is 38.4. The molecule has 0 aliphatic carbocycles. The molecule has 290 valence electrons. The number of nitrogens with one attached hydrogen (secondary N) is 1. The van der Waals surface area contributed by atoms with Gasteiger partial charge in [0.1, 0.15) is 5.75 Å². The maximum Gasteiger partial charge on any atom is 0.259 e. The van der Waals surface area contributed by atoms with E-state index < -0.39 is 0 Å². The van der Waals surface area contributed by atoms with Gasteiger partial charge in [0.05, 0.1) is 12.0 Å². The van der Waals surface area contributed by atoms with Crippen LogP contribution < -0.4 is 10.2 Å². The van der Waals surface area contributed by atoms with Gasteiger partial charge < -0.3 is 34.6 Å². The number of phenols is 1. The summed E-state index contributed by atoms with van der Waals surface area (Å²) in [5.41, 5.74) is 10.5. The molecule has 0 spiro atoms. The van der Waals surface area contributed by atoms with Crippen LogP contribution in [0.3, 0.4) is 0 Å². The first-order valence-corrected chi connectivity index (χ1v) is 19.4. The van der Waals surface area contributed by atoms with Crippen molar-refractivity contribution < 1.29 is 19.5 Å². The topological polar surface area (TPSA) is 101 Å². The number of aromatic nitrogens is 1. The van der Waals surface area contributed by atoms with E-state index in [1.807, 2.05) is 84.9 Å². The molecule has 2 aliphatic heterocycles. The van der Waals surface area contributed by atoms with Crippen LogP contribution in [-0.4, -0.2) is 88.9 Å². The Hall–Kier alpha value is -5.87. The summed E-state index contributed by atoms with van der Waals surface area (Å²) < 4.78 is 1.99. The molecule has 3 amide bonds. The molecule has 0 saturated heterocycles. The van der Waals surface area contributed by atoms with Crippen molar-refractivity contribution in [2.24, 2.45) is 7.05 Å². The van der Waals surface area contributed by atoms with E-state index in [9.17, 15) is 19.5 Å². The van der Waals surface area contributed by atoms with Crippen LogP contribution in [0.4, 0.5) is 11.4 Å². The van der Waals surface area contributed by atoms with Gasteiger partial charge in [0.25, 0.3) is 11.8 Å². The molecule has 0 radical (unpaired) electrons. The van der Waals surface area contributed by atoms with Crippen molar-refractivity contribution in [2.45, 2.75) is 52.2 Å². The van der Waals surface area contributed by atoms with Crippen LogP contribution in [0.15, 0.2) is 91.0 Å². The Morgan fingerprint density at radius 3 is 2.34 bits per heavy atom. The minimum absolute atomic E-state index is 0.0151. The van der Waals surface area contributed by atoms with Gasteiger partial charge in [0, 0.05) is 86.8 Å². The van der Waals surface area contributed by atoms with Gasteiger partial charge in [-0.15, -0.1) is 0 Å². The second-order valence-electron chi connectivity index (χ2n) is 15.6. The maximum atomic E-state index is 14.9. The van der Waals surface area contributed by atoms with Gasteiger partial charge in [0.2, 0.25) is 5.91 Å². The van der Waals surface area contributed by atoms with Crippen LogP contribution in [0, 0.1) is 6.92 Å². The number of nitrogens with zero attached hydrogens (tertiary/aromatic N) is 5. The lowest BCUT2D eigenvalue weighted by atomic mass is 9.89. The molecule has 0 saturated carbocycles. The third-order valence-electron chi connectivity index (χ3n) is 11.5. The summed E-state index contributed by atoms with van der Waals surface area (Å²) in [6.45, 7) is 7.25. The van der Waals surface area contributed by atoms with Gasteiger partial charge in [-0.2, -0.15) is 0 Å². The molecule has 1 aromatic heterocycles. The number of hydrogen-bond acceptors (Lipinski definition) is 6. The van der Waals surface area contributed by atoms with Gasteiger partial charge >= 0.3 is 0 Å². The van der Waals surface area contributed by atoms with E-state index in [0.717, 1.165) is 64.4 Å². The number of rotatable bonds is 10. The molecule has 10 heteroatoms. The average Bonchev–Trinajstić information content (AvgIpc) is 3.49. The molecule has 7 rings (SSSR count). The monoisotopic (exact) mass is 752 g/mol. The standard InChI is InChI=1S/C46H52N6O4/c1-30-22-33-11-7-8-12-35(33)29-52(30)46(56)42-26-36-28-51(44(54)24-32-10-9-13-37(23-32)47-19-21-48(3)4)20-18-34(36)25-41(42)43-27-40(31(2)49(43)5)45(55)50(6)38-14-16-39(53)17-15-38/h7-17,23,25-27,30,47,53H,18-22,24,28-29H2,1-6H3/t30-/m1/s1. The molecule has 1 atom stereocenters. The zero-order valence-corrected chi connectivity index (χ0v) is 33.3. The number of likely N-dealkylation sites (N-methyl/N-ethyl adjacent to an activating group) is 1. The van der Waals surface area contributed by atoms with Crippen molar-refractivity contribution in [3.63, 3.8) is 0 Å². The van der Waals surface area contributed by atoms with E-state index >= 15 is 0 Å². The van der Waals surface area contributed by atoms with Crippen molar-refractivity contribution >= 4 is 29.1 Å². The fourth-order valence-corrected chi connectivity index (χ4v) is 7.97. The van der Waals surface area contributed by atoms with Gasteiger partial charge in [-0.1, -0.05) is 36.4 Å². The summed E-state index contributed by atoms with van der Waals surface area (Å²) in [7, 11) is 7.74. The quantitative estimate of drug-likeness (QED) is 0.165. The van der Waals surface area contributed by atoms with E-state index in [4.69, 9.17) is 0 Å². The van der Waals surface area contributed by atoms with Crippen molar-refractivity contribution in [1.29, 1.82) is 0 Å². The van der Waals surface area contributed by atoms with Crippen LogP contribution >= 0.6 is 0 Å². The lowest BCUT2D eigenvalue weighted by Crippen LogP contribution is -2.43. The summed E-state index contributed by atoms with van der Waals surface area (Å²) in [5.74, 6) is -0.0745. The van der Waals surface area contributed by atoms with Crippen LogP contribution in [0.1, 0.15) is 61.2 Å². The third-order valence-corrected chi connectivity index (χ3v) is 11.5. The Bertz CT molecular complexity index is 2280. The average molecular weight is 753 g/mol. The van der Waals surface area contributed by atoms with Crippen molar-refractivity contribution in [3.8, 4) is 17.0 Å². The summed E-state index contributed by atoms with van der Waals surface area (Å²) in [4.78, 5) is 50.2. The zero-order chi connectivity index (χ0) is 39.7. The van der Waals surface area contributed by atoms with E-state index in [1.165, 1.54) is 5.56 Å². The molecule has 56 heavy (non-hydrogen) atoms. The zero-order valence-electron chi connectivity index (χ0n) is 33.3. The molecular formula is C46H52N6O4. The Balaban J connectivity index is 1.21. The van der Waals surface area contributed by atoms with E-state index in [1.54, 1.807) is 36.2 Å². The largest absolute Gasteiger partial charge is 0.508 e. The summed E-state index contributed by atoms with van der Waals surface area (Å²) in [5, 5.41) is 13.3. The SMILES string of the molecule is Cc1c(C(=O)N(C)c2ccc(O)cc2)cc(-c2cc3c(cc2C(=O)N2Cc4ccccc4C[C@H]2C)CN(C(=O)Cc2cccc(NCCN(C)C)c2)CC3)n1C. The molecule has 0 bridgehead atoms. The first-order valence-electron chi connectivity index (χ1n) is 19.4. The summed E-state index contributed by atoms with van der Waals surface area (Å²) in [6, 6.07) is 28.9. The number of amides is 3. The number of benzene rings is 4. The van der Waals surface area contributed by atoms with Crippen molar-refractivity contribution in [3.05, 3.63) is 136 Å². The number of phenolic OH excluding ortho intramolecular Hbond substituents is 1. The highest BCUT2D eigenvalue weighted by molar-refractivity contribution is 6.08. The van der Waals surface area contributed by atoms with Crippen LogP contribution in [0.2, 0.25) is 0 Å². The molecule has 3 heterocycles. The first-order chi connectivity index (χ1) is 26.9. The third kappa shape index (κ3) is 7.93. The lowest BCUT2D eigenvalue weighted by molar-refractivity contribution is -0.131. The number of carbonyl (C=O) groups is 3. The fraction of sp³-hybridized carbons (Fsp3) is 0.326. The van der Waals surface area contributed by atoms with Crippen LogP contribution in [-0.2, 0) is 44.2 Å². The number of anilines is 2. The fourth-order valence-electron chi connectivity index (χ4n) is 7.97. The van der Waals surface area contributed by atoms with E-state index in [-0.39, 0.29) is 29.5 Å². The van der Waals surface area contributed by atoms with Gasteiger partial charge in [-0.25, -0.2) is 0 Å². The molecule has 10 nitrogen and oxygen atoms in total. The number of fused-ring (bicyclic) bond motifs is 2. The highest BCUT2D eigenvalue weighted by Gasteiger charge is 2.32. The van der Waals surface area contributed by atoms with E-state index in [2.05, 4.69) is 41.4 Å². The van der Waals surface area contributed by atoms with Crippen LogP contribution in [0.25, 0.3) is 11.3 Å². The van der Waals surface area contributed by atoms with E-state index in [0.29, 0.717) is 49.3 Å². The Labute approximate surface area is 330 Å². The smallest absolute Gasteiger partial charge is 0.259 e. The normalized spacial score (nSPS) is 15.0. The van der Waals surface area contributed by atoms with Gasteiger partial charge in [-0.05, 0) is 123 Å². The predicted molar refractivity (Wildman–Crippen MR) is 222 cm³/mol. The van der Waals surface area contributed by atoms with Gasteiger partial charge in [0.15, 0.2) is 0 Å². The molecule has 4 aromatic carbocycles. The Morgan fingerprint density at radius 1 is 0.839 bits per heavy atom. The maximum absolute atomic E-state index is 14.9. The molecular weight excluding hydrogens is 701 g/mol. The Morgan fingerprint density at radius 2 is 1.59 bits per heavy atom. The minimum atomic E-state index is -0.189. The summed E-state index contributed by atoms with van der Waals surface area (Å²) in [6.07, 6.45) is 1.72. The second kappa shape index (κ2) is 16.1. The minimum Gasteiger partial charge on any atom is -0.508 e. The highest BCUT2D eigenvalue weighted by Crippen LogP contribution is 2.36. The number of hydrogen-bond donors (Lipinski definition) is 2. The second-order valence-corrected chi connectivity index (χ2v) is 15.6. The molecule has 2 N–H and O–H groups in total. The molecule has 2 aliphatic rings. The lowest BCUT2D eigenvalue weighted by Gasteiger charge is -2.36. The van der Waals surface area contributed by atoms with Crippen molar-refractivity contribution in [2.75, 3.05) is 51.0 Å². The Kier molecular flexibility index (Phi) is 11.0. The molecule has 0 fully saturated rings. The van der Waals surface area contributed by atoms with Gasteiger partial charge in [-0.3, -0.25) is 14.4 Å². The number of carbonyl (C=O) groups excluding carboxylic acids is 3. The van der Waals surface area contributed by atoms with Crippen LogP contribution in [0.5, 0.6) is 5.75 Å². The highest BCUT2D eigenvalue weighted by atomic mass is 16.3. The summed E-state index contributed by atoms with van der Waals surface area (Å²) >= 11 is 0. The molecule has 0 unspecified atom stereocenters. The number of aromatic hydroxyl groups is 1. The predicted octanol–water partition coefficient (Wildman–Crippen LogP) is 6.67. The molecule has 5 aromatic rings. The van der Waals surface area contributed by atoms with Crippen molar-refractivity contribution in [1.82, 2.24) is 19.3 Å².